The normalized spacial score (nSPS) is 11.2. The number of carbonyl (C=O) groups is 1. The molecule has 0 aliphatic heterocycles. The Bertz CT molecular complexity index is 765. The zero-order chi connectivity index (χ0) is 17.7. The second-order valence-electron chi connectivity index (χ2n) is 6.51. The van der Waals surface area contributed by atoms with Crippen LogP contribution in [-0.2, 0) is 6.54 Å². The van der Waals surface area contributed by atoms with Crippen molar-refractivity contribution in [3.63, 3.8) is 0 Å². The van der Waals surface area contributed by atoms with Gasteiger partial charge in [0.25, 0.3) is 11.5 Å². The first-order chi connectivity index (χ1) is 11.5. The van der Waals surface area contributed by atoms with Crippen LogP contribution in [0.4, 0.5) is 0 Å². The lowest BCUT2D eigenvalue weighted by molar-refractivity contribution is 0.0755. The number of amides is 1. The quantitative estimate of drug-likeness (QED) is 0.783. The summed E-state index contributed by atoms with van der Waals surface area (Å²) in [4.78, 5) is 27.4. The maximum atomic E-state index is 13.0. The molecule has 1 heterocycles. The highest BCUT2D eigenvalue weighted by Gasteiger charge is 2.21. The van der Waals surface area contributed by atoms with Crippen molar-refractivity contribution in [2.45, 2.75) is 47.1 Å². The molecule has 130 valence electrons. The standard InChI is InChI=1S/C19H27N3O2/c1-5-7-12-21(6-2)19(24)17-15-10-8-9-11-16(15)18(23)22(20-17)13-14(3)4/h8-11,14H,5-7,12-13H2,1-4H3. The van der Waals surface area contributed by atoms with Crippen LogP contribution in [0.3, 0.4) is 0 Å². The van der Waals surface area contributed by atoms with Gasteiger partial charge in [0.15, 0.2) is 5.69 Å². The maximum Gasteiger partial charge on any atom is 0.274 e. The Morgan fingerprint density at radius 2 is 1.88 bits per heavy atom. The molecule has 1 aromatic carbocycles. The van der Waals surface area contributed by atoms with Crippen molar-refractivity contribution in [3.8, 4) is 0 Å². The highest BCUT2D eigenvalue weighted by Crippen LogP contribution is 2.16. The molecular weight excluding hydrogens is 302 g/mol. The third kappa shape index (κ3) is 3.83. The zero-order valence-corrected chi connectivity index (χ0v) is 15.1. The lowest BCUT2D eigenvalue weighted by atomic mass is 10.1. The van der Waals surface area contributed by atoms with E-state index in [1.54, 1.807) is 6.07 Å². The fourth-order valence-corrected chi connectivity index (χ4v) is 2.76. The van der Waals surface area contributed by atoms with E-state index in [1.165, 1.54) is 4.68 Å². The van der Waals surface area contributed by atoms with E-state index < -0.39 is 0 Å². The molecule has 5 nitrogen and oxygen atoms in total. The van der Waals surface area contributed by atoms with Crippen LogP contribution in [0.15, 0.2) is 29.1 Å². The summed E-state index contributed by atoms with van der Waals surface area (Å²) in [5, 5.41) is 5.63. The van der Waals surface area contributed by atoms with Crippen molar-refractivity contribution in [2.75, 3.05) is 13.1 Å². The predicted octanol–water partition coefficient (Wildman–Crippen LogP) is 3.31. The molecule has 0 radical (unpaired) electrons. The fourth-order valence-electron chi connectivity index (χ4n) is 2.76. The van der Waals surface area contributed by atoms with E-state index in [0.717, 1.165) is 12.8 Å². The van der Waals surface area contributed by atoms with Gasteiger partial charge in [0.2, 0.25) is 0 Å². The predicted molar refractivity (Wildman–Crippen MR) is 97.3 cm³/mol. The molecule has 1 amide bonds. The van der Waals surface area contributed by atoms with E-state index in [1.807, 2.05) is 43.9 Å². The summed E-state index contributed by atoms with van der Waals surface area (Å²) in [7, 11) is 0. The van der Waals surface area contributed by atoms with E-state index in [-0.39, 0.29) is 17.4 Å². The van der Waals surface area contributed by atoms with Gasteiger partial charge < -0.3 is 4.90 Å². The average Bonchev–Trinajstić information content (AvgIpc) is 2.57. The van der Waals surface area contributed by atoms with E-state index in [2.05, 4.69) is 12.0 Å². The Morgan fingerprint density at radius 3 is 2.46 bits per heavy atom. The van der Waals surface area contributed by atoms with E-state index >= 15 is 0 Å². The van der Waals surface area contributed by atoms with Gasteiger partial charge in [-0.05, 0) is 25.3 Å². The third-order valence-electron chi connectivity index (χ3n) is 4.06. The second kappa shape index (κ2) is 8.08. The first-order valence-electron chi connectivity index (χ1n) is 8.78. The number of hydrogen-bond donors (Lipinski definition) is 0. The van der Waals surface area contributed by atoms with Gasteiger partial charge in [-0.3, -0.25) is 9.59 Å². The van der Waals surface area contributed by atoms with Crippen molar-refractivity contribution in [3.05, 3.63) is 40.3 Å². The Balaban J connectivity index is 2.57. The maximum absolute atomic E-state index is 13.0. The summed E-state index contributed by atoms with van der Waals surface area (Å²) in [6.45, 7) is 10.00. The molecule has 0 N–H and O–H groups in total. The minimum absolute atomic E-state index is 0.0975. The van der Waals surface area contributed by atoms with E-state index in [9.17, 15) is 9.59 Å². The van der Waals surface area contributed by atoms with E-state index in [0.29, 0.717) is 36.1 Å². The fraction of sp³-hybridized carbons (Fsp3) is 0.526. The SMILES string of the molecule is CCCCN(CC)C(=O)c1nn(CC(C)C)c(=O)c2ccccc12. The summed E-state index contributed by atoms with van der Waals surface area (Å²) in [6.07, 6.45) is 1.99. The molecule has 2 rings (SSSR count). The number of benzene rings is 1. The first-order valence-corrected chi connectivity index (χ1v) is 8.78. The molecule has 0 unspecified atom stereocenters. The Morgan fingerprint density at radius 1 is 1.21 bits per heavy atom. The molecule has 0 atom stereocenters. The average molecular weight is 329 g/mol. The summed E-state index contributed by atoms with van der Waals surface area (Å²) >= 11 is 0. The minimum atomic E-state index is -0.132. The van der Waals surface area contributed by atoms with Crippen LogP contribution in [0, 0.1) is 5.92 Å². The van der Waals surface area contributed by atoms with Crippen molar-refractivity contribution in [2.24, 2.45) is 5.92 Å². The Kier molecular flexibility index (Phi) is 6.12. The molecule has 2 aromatic rings. The van der Waals surface area contributed by atoms with Gasteiger partial charge in [-0.25, -0.2) is 4.68 Å². The summed E-state index contributed by atoms with van der Waals surface area (Å²) in [5.74, 6) is 0.182. The highest BCUT2D eigenvalue weighted by molar-refractivity contribution is 6.04. The van der Waals surface area contributed by atoms with Gasteiger partial charge in [0.05, 0.1) is 5.39 Å². The monoisotopic (exact) mass is 329 g/mol. The van der Waals surface area contributed by atoms with Crippen LogP contribution in [0.25, 0.3) is 10.8 Å². The lowest BCUT2D eigenvalue weighted by Crippen LogP contribution is -2.35. The van der Waals surface area contributed by atoms with Crippen molar-refractivity contribution in [1.29, 1.82) is 0 Å². The molecule has 1 aromatic heterocycles. The van der Waals surface area contributed by atoms with Crippen LogP contribution in [0.5, 0.6) is 0 Å². The molecule has 0 saturated carbocycles. The topological polar surface area (TPSA) is 55.2 Å². The van der Waals surface area contributed by atoms with Crippen LogP contribution in [0.2, 0.25) is 0 Å². The van der Waals surface area contributed by atoms with Crippen molar-refractivity contribution in [1.82, 2.24) is 14.7 Å². The van der Waals surface area contributed by atoms with Crippen LogP contribution in [-0.4, -0.2) is 33.7 Å². The van der Waals surface area contributed by atoms with Gasteiger partial charge in [-0.15, -0.1) is 0 Å². The summed E-state index contributed by atoms with van der Waals surface area (Å²) in [5.41, 5.74) is 0.247. The smallest absolute Gasteiger partial charge is 0.274 e. The lowest BCUT2D eigenvalue weighted by Gasteiger charge is -2.21. The van der Waals surface area contributed by atoms with Gasteiger partial charge in [-0.1, -0.05) is 45.4 Å². The molecule has 0 aliphatic carbocycles. The van der Waals surface area contributed by atoms with E-state index in [4.69, 9.17) is 0 Å². The summed E-state index contributed by atoms with van der Waals surface area (Å²) in [6, 6.07) is 7.25. The number of carbonyl (C=O) groups excluding carboxylic acids is 1. The number of hydrogen-bond acceptors (Lipinski definition) is 3. The molecule has 0 bridgehead atoms. The van der Waals surface area contributed by atoms with Gasteiger partial charge in [0, 0.05) is 25.0 Å². The Hall–Kier alpha value is -2.17. The number of fused-ring (bicyclic) bond motifs is 1. The zero-order valence-electron chi connectivity index (χ0n) is 15.1. The number of nitrogens with zero attached hydrogens (tertiary/aromatic N) is 3. The number of rotatable bonds is 7. The highest BCUT2D eigenvalue weighted by atomic mass is 16.2. The number of aromatic nitrogens is 2. The number of unbranched alkanes of at least 4 members (excludes halogenated alkanes) is 1. The van der Waals surface area contributed by atoms with Gasteiger partial charge >= 0.3 is 0 Å². The molecular formula is C19H27N3O2. The van der Waals surface area contributed by atoms with Gasteiger partial charge in [0.1, 0.15) is 0 Å². The molecule has 0 saturated heterocycles. The Labute approximate surface area is 143 Å². The molecule has 5 heteroatoms. The third-order valence-corrected chi connectivity index (χ3v) is 4.06. The van der Waals surface area contributed by atoms with Crippen LogP contribution in [0.1, 0.15) is 51.0 Å². The second-order valence-corrected chi connectivity index (χ2v) is 6.51. The van der Waals surface area contributed by atoms with Crippen molar-refractivity contribution < 1.29 is 4.79 Å². The van der Waals surface area contributed by atoms with Crippen LogP contribution < -0.4 is 5.56 Å². The van der Waals surface area contributed by atoms with Gasteiger partial charge in [-0.2, -0.15) is 5.10 Å². The van der Waals surface area contributed by atoms with Crippen LogP contribution >= 0.6 is 0 Å². The van der Waals surface area contributed by atoms with Crippen molar-refractivity contribution >= 4 is 16.7 Å². The largest absolute Gasteiger partial charge is 0.338 e. The first kappa shape index (κ1) is 18.2. The molecule has 24 heavy (non-hydrogen) atoms. The molecule has 0 aliphatic rings. The summed E-state index contributed by atoms with van der Waals surface area (Å²) < 4.78 is 1.44. The minimum Gasteiger partial charge on any atom is -0.338 e. The molecule has 0 fully saturated rings. The molecule has 0 spiro atoms.